The first-order valence-corrected chi connectivity index (χ1v) is 13.1. The summed E-state index contributed by atoms with van der Waals surface area (Å²) < 4.78 is 5.44. The number of unbranched alkanes of at least 4 members (excludes halogenated alkanes) is 12. The van der Waals surface area contributed by atoms with Gasteiger partial charge in [-0.25, -0.2) is 4.79 Å². The molecule has 6 heteroatoms. The molecule has 0 aliphatic heterocycles. The van der Waals surface area contributed by atoms with Crippen LogP contribution in [0.5, 0.6) is 5.75 Å². The number of carbonyl (C=O) groups excluding carboxylic acids is 1. The zero-order valence-electron chi connectivity index (χ0n) is 22.2. The fraction of sp³-hybridized carbons (Fsp3) is 0.778. The summed E-state index contributed by atoms with van der Waals surface area (Å²) in [6.07, 6.45) is 19.1. The molecular weight excluding hydrogens is 412 g/mol. The molecule has 0 unspecified atom stereocenters. The number of ether oxygens (including phenoxy) is 1. The van der Waals surface area contributed by atoms with E-state index in [1.165, 1.54) is 94.9 Å². The quantitative estimate of drug-likeness (QED) is 0.229. The Morgan fingerprint density at radius 2 is 1.24 bits per heavy atom. The third kappa shape index (κ3) is 15.7. The van der Waals surface area contributed by atoms with E-state index in [0.29, 0.717) is 12.3 Å². The van der Waals surface area contributed by atoms with Gasteiger partial charge < -0.3 is 19.4 Å². The minimum atomic E-state index is -0.373. The van der Waals surface area contributed by atoms with E-state index in [-0.39, 0.29) is 6.09 Å². The van der Waals surface area contributed by atoms with E-state index in [9.17, 15) is 4.79 Å². The molecule has 0 atom stereocenters. The molecule has 0 radical (unpaired) electrons. The third-order valence-corrected chi connectivity index (χ3v) is 5.98. The van der Waals surface area contributed by atoms with Crippen LogP contribution in [0.15, 0.2) is 18.3 Å². The summed E-state index contributed by atoms with van der Waals surface area (Å²) in [6, 6.07) is 3.61. The minimum absolute atomic E-state index is 0.373. The Hall–Kier alpha value is -1.66. The summed E-state index contributed by atoms with van der Waals surface area (Å²) in [4.78, 5) is 22.2. The van der Waals surface area contributed by atoms with Gasteiger partial charge in [0.05, 0.1) is 5.69 Å². The highest BCUT2D eigenvalue weighted by atomic mass is 16.6. The smallest absolute Gasteiger partial charge is 0.408 e. The van der Waals surface area contributed by atoms with Gasteiger partial charge in [0.2, 0.25) is 0 Å². The lowest BCUT2D eigenvalue weighted by Crippen LogP contribution is -2.26. The standard InChI is InChI=1S/C27H50N4O2/c1-29(2)22-17-15-13-11-9-7-6-8-10-12-14-16-18-23-31(5)24-25-26(20-19-21-28-25)33-27(32)30(3)4/h19-21H,6-18,22-24H2,1-5H3. The van der Waals surface area contributed by atoms with Crippen LogP contribution in [-0.4, -0.2) is 74.1 Å². The third-order valence-electron chi connectivity index (χ3n) is 5.98. The summed E-state index contributed by atoms with van der Waals surface area (Å²) in [5, 5.41) is 0. The Morgan fingerprint density at radius 1 is 0.758 bits per heavy atom. The summed E-state index contributed by atoms with van der Waals surface area (Å²) in [5.74, 6) is 0.548. The molecule has 1 aromatic rings. The van der Waals surface area contributed by atoms with Crippen LogP contribution in [0.25, 0.3) is 0 Å². The van der Waals surface area contributed by atoms with Crippen LogP contribution in [0.1, 0.15) is 89.2 Å². The lowest BCUT2D eigenvalue weighted by atomic mass is 10.0. The Balaban J connectivity index is 2.00. The fourth-order valence-electron chi connectivity index (χ4n) is 3.91. The molecule has 190 valence electrons. The van der Waals surface area contributed by atoms with Crippen LogP contribution in [0, 0.1) is 0 Å². The highest BCUT2D eigenvalue weighted by Crippen LogP contribution is 2.18. The number of carbonyl (C=O) groups is 1. The number of rotatable bonds is 19. The molecule has 0 spiro atoms. The van der Waals surface area contributed by atoms with E-state index in [0.717, 1.165) is 12.2 Å². The monoisotopic (exact) mass is 462 g/mol. The van der Waals surface area contributed by atoms with E-state index < -0.39 is 0 Å². The molecule has 1 rings (SSSR count). The zero-order chi connectivity index (χ0) is 24.3. The van der Waals surface area contributed by atoms with Crippen LogP contribution in [0.4, 0.5) is 4.79 Å². The second-order valence-electron chi connectivity index (χ2n) is 9.85. The molecule has 0 bridgehead atoms. The maximum atomic E-state index is 11.8. The summed E-state index contributed by atoms with van der Waals surface area (Å²) in [5.41, 5.74) is 0.809. The number of amides is 1. The maximum Gasteiger partial charge on any atom is 0.414 e. The molecule has 0 aliphatic carbocycles. The average molecular weight is 463 g/mol. The highest BCUT2D eigenvalue weighted by molar-refractivity contribution is 5.70. The number of aromatic nitrogens is 1. The van der Waals surface area contributed by atoms with E-state index in [1.54, 1.807) is 26.4 Å². The first kappa shape index (κ1) is 29.4. The van der Waals surface area contributed by atoms with Crippen molar-refractivity contribution in [3.63, 3.8) is 0 Å². The van der Waals surface area contributed by atoms with E-state index >= 15 is 0 Å². The van der Waals surface area contributed by atoms with Crippen molar-refractivity contribution in [1.82, 2.24) is 19.7 Å². The van der Waals surface area contributed by atoms with Crippen molar-refractivity contribution in [3.05, 3.63) is 24.0 Å². The van der Waals surface area contributed by atoms with Crippen molar-refractivity contribution < 1.29 is 9.53 Å². The number of hydrogen-bond donors (Lipinski definition) is 0. The van der Waals surface area contributed by atoms with Gasteiger partial charge in [0.1, 0.15) is 0 Å². The van der Waals surface area contributed by atoms with Crippen molar-refractivity contribution in [2.75, 3.05) is 48.3 Å². The average Bonchev–Trinajstić information content (AvgIpc) is 2.77. The number of hydrogen-bond acceptors (Lipinski definition) is 5. The van der Waals surface area contributed by atoms with Gasteiger partial charge in [-0.2, -0.15) is 0 Å². The van der Waals surface area contributed by atoms with Crippen molar-refractivity contribution in [2.45, 2.75) is 90.0 Å². The lowest BCUT2D eigenvalue weighted by molar-refractivity contribution is 0.170. The fourth-order valence-corrected chi connectivity index (χ4v) is 3.91. The van der Waals surface area contributed by atoms with Gasteiger partial charge in [-0.3, -0.25) is 4.98 Å². The Bertz CT molecular complexity index is 622. The zero-order valence-corrected chi connectivity index (χ0v) is 22.2. The summed E-state index contributed by atoms with van der Waals surface area (Å²) >= 11 is 0. The molecule has 0 fully saturated rings. The minimum Gasteiger partial charge on any atom is -0.408 e. The van der Waals surface area contributed by atoms with Crippen molar-refractivity contribution in [1.29, 1.82) is 0 Å². The predicted molar refractivity (Wildman–Crippen MR) is 139 cm³/mol. The van der Waals surface area contributed by atoms with Crippen LogP contribution in [0.2, 0.25) is 0 Å². The largest absolute Gasteiger partial charge is 0.414 e. The molecule has 0 saturated heterocycles. The van der Waals surface area contributed by atoms with E-state index in [2.05, 4.69) is 35.9 Å². The molecule has 0 N–H and O–H groups in total. The van der Waals surface area contributed by atoms with Gasteiger partial charge in [0.25, 0.3) is 0 Å². The molecular formula is C27H50N4O2. The summed E-state index contributed by atoms with van der Waals surface area (Å²) in [6.45, 7) is 2.95. The van der Waals surface area contributed by atoms with Gasteiger partial charge in [0, 0.05) is 26.8 Å². The van der Waals surface area contributed by atoms with Gasteiger partial charge in [-0.1, -0.05) is 70.6 Å². The number of nitrogens with zero attached hydrogens (tertiary/aromatic N) is 4. The van der Waals surface area contributed by atoms with Gasteiger partial charge in [-0.05, 0) is 59.2 Å². The second-order valence-corrected chi connectivity index (χ2v) is 9.85. The molecule has 1 amide bonds. The second kappa shape index (κ2) is 18.7. The molecule has 0 aromatic carbocycles. The Kier molecular flexibility index (Phi) is 16.7. The van der Waals surface area contributed by atoms with Crippen LogP contribution < -0.4 is 4.74 Å². The molecule has 0 aliphatic rings. The van der Waals surface area contributed by atoms with Gasteiger partial charge in [0.15, 0.2) is 5.75 Å². The molecule has 1 heterocycles. The molecule has 0 saturated carbocycles. The Labute approximate surface area is 203 Å². The van der Waals surface area contributed by atoms with Crippen molar-refractivity contribution in [2.24, 2.45) is 0 Å². The summed E-state index contributed by atoms with van der Waals surface area (Å²) in [7, 11) is 9.78. The maximum absolute atomic E-state index is 11.8. The molecule has 6 nitrogen and oxygen atoms in total. The lowest BCUT2D eigenvalue weighted by Gasteiger charge is -2.18. The van der Waals surface area contributed by atoms with E-state index in [4.69, 9.17) is 4.74 Å². The first-order valence-electron chi connectivity index (χ1n) is 13.1. The highest BCUT2D eigenvalue weighted by Gasteiger charge is 2.13. The normalized spacial score (nSPS) is 11.4. The molecule has 33 heavy (non-hydrogen) atoms. The topological polar surface area (TPSA) is 48.9 Å². The van der Waals surface area contributed by atoms with Crippen molar-refractivity contribution in [3.8, 4) is 5.75 Å². The number of pyridine rings is 1. The van der Waals surface area contributed by atoms with E-state index in [1.807, 2.05) is 6.07 Å². The van der Waals surface area contributed by atoms with Gasteiger partial charge >= 0.3 is 6.09 Å². The Morgan fingerprint density at radius 3 is 1.73 bits per heavy atom. The first-order chi connectivity index (χ1) is 15.9. The SMILES string of the molecule is CN(C)CCCCCCCCCCCCCCCN(C)Cc1ncccc1OC(=O)N(C)C. The molecule has 1 aromatic heterocycles. The van der Waals surface area contributed by atoms with Crippen LogP contribution >= 0.6 is 0 Å². The van der Waals surface area contributed by atoms with Crippen molar-refractivity contribution >= 4 is 6.09 Å². The van der Waals surface area contributed by atoms with Crippen LogP contribution in [-0.2, 0) is 6.54 Å². The van der Waals surface area contributed by atoms with Gasteiger partial charge in [-0.15, -0.1) is 0 Å². The predicted octanol–water partition coefficient (Wildman–Crippen LogP) is 6.21. The van der Waals surface area contributed by atoms with Crippen LogP contribution in [0.3, 0.4) is 0 Å².